The lowest BCUT2D eigenvalue weighted by atomic mass is 10.0. The van der Waals surface area contributed by atoms with Crippen molar-refractivity contribution in [1.29, 1.82) is 0 Å². The molecule has 25 heavy (non-hydrogen) atoms. The number of piperidine rings is 1. The van der Waals surface area contributed by atoms with Crippen molar-refractivity contribution in [3.8, 4) is 5.75 Å². The average Bonchev–Trinajstić information content (AvgIpc) is 3.08. The molecule has 1 aromatic heterocycles. The first-order valence-electron chi connectivity index (χ1n) is 8.69. The van der Waals surface area contributed by atoms with Gasteiger partial charge in [0.15, 0.2) is 0 Å². The van der Waals surface area contributed by atoms with E-state index in [0.717, 1.165) is 24.9 Å². The zero-order valence-corrected chi connectivity index (χ0v) is 14.9. The van der Waals surface area contributed by atoms with Crippen LogP contribution < -0.4 is 4.74 Å². The maximum atomic E-state index is 12.9. The quantitative estimate of drug-likeness (QED) is 0.757. The molecule has 6 heteroatoms. The van der Waals surface area contributed by atoms with E-state index in [1.165, 1.54) is 0 Å². The van der Waals surface area contributed by atoms with Gasteiger partial charge in [0.05, 0.1) is 18.8 Å². The van der Waals surface area contributed by atoms with Crippen molar-refractivity contribution in [2.24, 2.45) is 0 Å². The molecule has 1 saturated heterocycles. The highest BCUT2D eigenvalue weighted by Gasteiger charge is 2.26. The van der Waals surface area contributed by atoms with Crippen molar-refractivity contribution in [1.82, 2.24) is 14.7 Å². The van der Waals surface area contributed by atoms with Crippen molar-refractivity contribution < 1.29 is 14.3 Å². The Morgan fingerprint density at radius 1 is 1.36 bits per heavy atom. The smallest absolute Gasteiger partial charge is 0.254 e. The molecule has 1 aromatic carbocycles. The third-order valence-electron chi connectivity index (χ3n) is 4.43. The monoisotopic (exact) mass is 343 g/mol. The van der Waals surface area contributed by atoms with Gasteiger partial charge in [-0.1, -0.05) is 6.07 Å². The third-order valence-corrected chi connectivity index (χ3v) is 4.43. The Kier molecular flexibility index (Phi) is 5.71. The molecule has 134 valence electrons. The molecular weight excluding hydrogens is 318 g/mol. The molecule has 1 atom stereocenters. The Bertz CT molecular complexity index is 713. The molecule has 2 heterocycles. The number of aryl methyl sites for hydroxylation is 1. The summed E-state index contributed by atoms with van der Waals surface area (Å²) >= 11 is 0. The molecule has 6 nitrogen and oxygen atoms in total. The number of likely N-dealkylation sites (tertiary alicyclic amines) is 1. The van der Waals surface area contributed by atoms with E-state index in [1.807, 2.05) is 47.1 Å². The number of methoxy groups -OCH3 is 1. The van der Waals surface area contributed by atoms with Gasteiger partial charge in [0.1, 0.15) is 12.4 Å². The number of benzene rings is 1. The molecule has 1 aliphatic rings. The molecule has 2 aromatic rings. The van der Waals surface area contributed by atoms with Crippen molar-refractivity contribution in [3.05, 3.63) is 47.8 Å². The molecule has 0 radical (unpaired) electrons. The van der Waals surface area contributed by atoms with E-state index < -0.39 is 0 Å². The minimum absolute atomic E-state index is 0.0470. The molecule has 1 amide bonds. The molecule has 0 saturated carbocycles. The lowest BCUT2D eigenvalue weighted by Crippen LogP contribution is -2.40. The van der Waals surface area contributed by atoms with Gasteiger partial charge in [0.25, 0.3) is 5.91 Å². The zero-order chi connectivity index (χ0) is 17.6. The number of nitrogens with zero attached hydrogens (tertiary/aromatic N) is 3. The highest BCUT2D eigenvalue weighted by Crippen LogP contribution is 2.23. The van der Waals surface area contributed by atoms with Crippen LogP contribution in [0.5, 0.6) is 5.75 Å². The summed E-state index contributed by atoms with van der Waals surface area (Å²) in [6.07, 6.45) is 5.94. The topological polar surface area (TPSA) is 56.6 Å². The molecule has 0 aliphatic carbocycles. The first-order chi connectivity index (χ1) is 12.2. The maximum Gasteiger partial charge on any atom is 0.254 e. The standard InChI is InChI=1S/C19H25N3O3/c1-15-12-20-22(13-15)17-6-4-8-21(14-17)19(23)16-5-3-7-18(11-16)25-10-9-24-2/h3,5,7,11-13,17H,4,6,8-10,14H2,1-2H3/t17-/m0/s1. The van der Waals surface area contributed by atoms with Crippen molar-refractivity contribution in [2.45, 2.75) is 25.8 Å². The summed E-state index contributed by atoms with van der Waals surface area (Å²) in [5.74, 6) is 0.741. The van der Waals surface area contributed by atoms with Crippen LogP contribution in [0, 0.1) is 6.92 Å². The fourth-order valence-corrected chi connectivity index (χ4v) is 3.13. The van der Waals surface area contributed by atoms with Gasteiger partial charge in [-0.3, -0.25) is 9.48 Å². The lowest BCUT2D eigenvalue weighted by molar-refractivity contribution is 0.0672. The van der Waals surface area contributed by atoms with Gasteiger partial charge in [-0.2, -0.15) is 5.10 Å². The summed E-state index contributed by atoms with van der Waals surface area (Å²) in [5, 5.41) is 4.41. The van der Waals surface area contributed by atoms with Crippen LogP contribution >= 0.6 is 0 Å². The predicted octanol–water partition coefficient (Wildman–Crippen LogP) is 2.69. The van der Waals surface area contributed by atoms with Gasteiger partial charge in [-0.05, 0) is 43.5 Å². The van der Waals surface area contributed by atoms with Gasteiger partial charge in [-0.15, -0.1) is 0 Å². The van der Waals surface area contributed by atoms with E-state index in [1.54, 1.807) is 13.2 Å². The lowest BCUT2D eigenvalue weighted by Gasteiger charge is -2.33. The SMILES string of the molecule is COCCOc1cccc(C(=O)N2CCC[C@H](n3cc(C)cn3)C2)c1. The number of hydrogen-bond acceptors (Lipinski definition) is 4. The maximum absolute atomic E-state index is 12.9. The van der Waals surface area contributed by atoms with Crippen LogP contribution in [-0.2, 0) is 4.74 Å². The number of hydrogen-bond donors (Lipinski definition) is 0. The molecular formula is C19H25N3O3. The Hall–Kier alpha value is -2.34. The van der Waals surface area contributed by atoms with Crippen molar-refractivity contribution >= 4 is 5.91 Å². The van der Waals surface area contributed by atoms with E-state index in [4.69, 9.17) is 9.47 Å². The minimum atomic E-state index is 0.0470. The molecule has 1 aliphatic heterocycles. The Morgan fingerprint density at radius 3 is 3.00 bits per heavy atom. The van der Waals surface area contributed by atoms with Gasteiger partial charge < -0.3 is 14.4 Å². The summed E-state index contributed by atoms with van der Waals surface area (Å²) in [5.41, 5.74) is 1.80. The molecule has 0 N–H and O–H groups in total. The Labute approximate surface area is 148 Å². The Balaban J connectivity index is 1.66. The van der Waals surface area contributed by atoms with Crippen LogP contribution in [0.2, 0.25) is 0 Å². The van der Waals surface area contributed by atoms with Crippen LogP contribution in [0.1, 0.15) is 34.8 Å². The molecule has 0 spiro atoms. The van der Waals surface area contributed by atoms with Crippen LogP contribution in [0.3, 0.4) is 0 Å². The Morgan fingerprint density at radius 2 is 2.24 bits per heavy atom. The van der Waals surface area contributed by atoms with Crippen LogP contribution in [0.15, 0.2) is 36.7 Å². The number of amides is 1. The second kappa shape index (κ2) is 8.16. The fraction of sp³-hybridized carbons (Fsp3) is 0.474. The predicted molar refractivity (Wildman–Crippen MR) is 95.0 cm³/mol. The number of rotatable bonds is 6. The van der Waals surface area contributed by atoms with E-state index in [-0.39, 0.29) is 11.9 Å². The molecule has 3 rings (SSSR count). The van der Waals surface area contributed by atoms with Crippen LogP contribution in [-0.4, -0.2) is 54.0 Å². The van der Waals surface area contributed by atoms with Crippen molar-refractivity contribution in [3.63, 3.8) is 0 Å². The third kappa shape index (κ3) is 4.39. The van der Waals surface area contributed by atoms with E-state index >= 15 is 0 Å². The second-order valence-electron chi connectivity index (χ2n) is 6.41. The molecule has 0 bridgehead atoms. The fourth-order valence-electron chi connectivity index (χ4n) is 3.13. The van der Waals surface area contributed by atoms with E-state index in [9.17, 15) is 4.79 Å². The zero-order valence-electron chi connectivity index (χ0n) is 14.9. The van der Waals surface area contributed by atoms with Crippen LogP contribution in [0.4, 0.5) is 0 Å². The summed E-state index contributed by atoms with van der Waals surface area (Å²) in [6, 6.07) is 7.60. The van der Waals surface area contributed by atoms with Gasteiger partial charge in [0, 0.05) is 32.0 Å². The number of aromatic nitrogens is 2. The van der Waals surface area contributed by atoms with Crippen LogP contribution in [0.25, 0.3) is 0 Å². The highest BCUT2D eigenvalue weighted by molar-refractivity contribution is 5.94. The highest BCUT2D eigenvalue weighted by atomic mass is 16.5. The number of ether oxygens (including phenoxy) is 2. The van der Waals surface area contributed by atoms with E-state index in [2.05, 4.69) is 5.10 Å². The number of carbonyl (C=O) groups is 1. The van der Waals surface area contributed by atoms with Crippen molar-refractivity contribution in [2.75, 3.05) is 33.4 Å². The molecule has 1 fully saturated rings. The van der Waals surface area contributed by atoms with E-state index in [0.29, 0.717) is 31.1 Å². The summed E-state index contributed by atoms with van der Waals surface area (Å²) in [7, 11) is 1.64. The first-order valence-corrected chi connectivity index (χ1v) is 8.69. The largest absolute Gasteiger partial charge is 0.491 e. The molecule has 0 unspecified atom stereocenters. The second-order valence-corrected chi connectivity index (χ2v) is 6.41. The van der Waals surface area contributed by atoms with Gasteiger partial charge in [-0.25, -0.2) is 0 Å². The number of carbonyl (C=O) groups excluding carboxylic acids is 1. The normalized spacial score (nSPS) is 17.5. The summed E-state index contributed by atoms with van der Waals surface area (Å²) < 4.78 is 12.6. The van der Waals surface area contributed by atoms with Gasteiger partial charge >= 0.3 is 0 Å². The summed E-state index contributed by atoms with van der Waals surface area (Å²) in [6.45, 7) is 4.50. The average molecular weight is 343 g/mol. The first kappa shape index (κ1) is 17.5. The minimum Gasteiger partial charge on any atom is -0.491 e. The van der Waals surface area contributed by atoms with Gasteiger partial charge in [0.2, 0.25) is 0 Å². The summed E-state index contributed by atoms with van der Waals surface area (Å²) in [4.78, 5) is 14.8.